The summed E-state index contributed by atoms with van der Waals surface area (Å²) in [6.45, 7) is 3.58. The second kappa shape index (κ2) is 12.1. The molecule has 2 aliphatic rings. The molecular weight excluding hydrogens is 404 g/mol. The van der Waals surface area contributed by atoms with Crippen LogP contribution in [0.2, 0.25) is 0 Å². The second-order valence-electron chi connectivity index (χ2n) is 8.98. The Hall–Kier alpha value is -2.25. The number of fused-ring (bicyclic) bond motifs is 1. The Balaban J connectivity index is 1.61. The number of aliphatic hydroxyl groups is 2. The van der Waals surface area contributed by atoms with Crippen LogP contribution >= 0.6 is 0 Å². The number of nitrogens with one attached hydrogen (secondary N) is 1. The van der Waals surface area contributed by atoms with Gasteiger partial charge in [0.25, 0.3) is 0 Å². The van der Waals surface area contributed by atoms with E-state index in [1.807, 2.05) is 6.92 Å². The zero-order valence-electron chi connectivity index (χ0n) is 19.0. The average Bonchev–Trinajstić information content (AvgIpc) is 2.82. The highest BCUT2D eigenvalue weighted by molar-refractivity contribution is 5.77. The Morgan fingerprint density at radius 3 is 2.62 bits per heavy atom. The summed E-state index contributed by atoms with van der Waals surface area (Å²) in [5.74, 6) is -0.618. The van der Waals surface area contributed by atoms with Gasteiger partial charge in [0.2, 0.25) is 5.91 Å². The standard InChI is InChI=1S/C26H36N2O4/c1-19(26(31)27-32)15-20-9-11-21(12-10-20)16-28(17-24(30)18-29)14-13-23-7-4-6-22-5-2-3-8-25(22)23/h2-3,5,7-9,11,19,24,29-30,32H,4,6,10,12-18H2,1H3,(H,27,31). The number of carbonyl (C=O) groups is 1. The Morgan fingerprint density at radius 2 is 1.91 bits per heavy atom. The fraction of sp³-hybridized carbons (Fsp3) is 0.500. The van der Waals surface area contributed by atoms with Crippen molar-refractivity contribution < 1.29 is 20.2 Å². The number of nitrogens with zero attached hydrogens (tertiary/aromatic N) is 1. The third-order valence-corrected chi connectivity index (χ3v) is 6.42. The predicted octanol–water partition coefficient (Wildman–Crippen LogP) is 3.24. The van der Waals surface area contributed by atoms with Crippen LogP contribution in [0.1, 0.15) is 50.2 Å². The summed E-state index contributed by atoms with van der Waals surface area (Å²) in [5, 5.41) is 28.2. The van der Waals surface area contributed by atoms with Gasteiger partial charge in [-0.25, -0.2) is 5.48 Å². The highest BCUT2D eigenvalue weighted by atomic mass is 16.5. The van der Waals surface area contributed by atoms with Gasteiger partial charge in [-0.2, -0.15) is 0 Å². The van der Waals surface area contributed by atoms with Crippen molar-refractivity contribution in [2.24, 2.45) is 5.92 Å². The number of hydrogen-bond donors (Lipinski definition) is 4. The van der Waals surface area contributed by atoms with E-state index in [4.69, 9.17) is 5.21 Å². The Morgan fingerprint density at radius 1 is 1.16 bits per heavy atom. The van der Waals surface area contributed by atoms with Crippen molar-refractivity contribution in [3.8, 4) is 0 Å². The summed E-state index contributed by atoms with van der Waals surface area (Å²) in [4.78, 5) is 13.8. The third-order valence-electron chi connectivity index (χ3n) is 6.42. The lowest BCUT2D eigenvalue weighted by Gasteiger charge is -2.28. The lowest BCUT2D eigenvalue weighted by atomic mass is 9.89. The van der Waals surface area contributed by atoms with E-state index in [2.05, 4.69) is 47.4 Å². The smallest absolute Gasteiger partial charge is 0.246 e. The number of amides is 1. The Bertz CT molecular complexity index is 874. The molecule has 3 rings (SSSR count). The van der Waals surface area contributed by atoms with E-state index in [0.29, 0.717) is 13.0 Å². The number of aryl methyl sites for hydroxylation is 1. The van der Waals surface area contributed by atoms with Crippen LogP contribution in [0.4, 0.5) is 0 Å². The number of benzene rings is 1. The number of rotatable bonds is 11. The van der Waals surface area contributed by atoms with Gasteiger partial charge >= 0.3 is 0 Å². The molecule has 6 nitrogen and oxygen atoms in total. The van der Waals surface area contributed by atoms with E-state index < -0.39 is 6.10 Å². The first-order valence-corrected chi connectivity index (χ1v) is 11.6. The summed E-state index contributed by atoms with van der Waals surface area (Å²) in [7, 11) is 0. The Kier molecular flexibility index (Phi) is 9.23. The third kappa shape index (κ3) is 6.87. The summed E-state index contributed by atoms with van der Waals surface area (Å²) in [6.07, 6.45) is 11.3. The maximum atomic E-state index is 11.5. The van der Waals surface area contributed by atoms with Crippen molar-refractivity contribution in [3.05, 3.63) is 64.8 Å². The molecule has 0 saturated heterocycles. The molecule has 0 aromatic heterocycles. The van der Waals surface area contributed by atoms with Crippen LogP contribution in [0.3, 0.4) is 0 Å². The fourth-order valence-corrected chi connectivity index (χ4v) is 4.58. The van der Waals surface area contributed by atoms with E-state index >= 15 is 0 Å². The summed E-state index contributed by atoms with van der Waals surface area (Å²) in [6, 6.07) is 8.59. The molecule has 1 aromatic carbocycles. The lowest BCUT2D eigenvalue weighted by molar-refractivity contribution is -0.132. The first-order valence-electron chi connectivity index (χ1n) is 11.6. The van der Waals surface area contributed by atoms with E-state index in [1.165, 1.54) is 27.8 Å². The summed E-state index contributed by atoms with van der Waals surface area (Å²) < 4.78 is 0. The molecule has 0 spiro atoms. The normalized spacial score (nSPS) is 17.7. The molecule has 4 N–H and O–H groups in total. The van der Waals surface area contributed by atoms with E-state index in [0.717, 1.165) is 45.2 Å². The molecule has 1 aromatic rings. The first-order chi connectivity index (χ1) is 15.5. The average molecular weight is 441 g/mol. The van der Waals surface area contributed by atoms with Gasteiger partial charge in [0.1, 0.15) is 0 Å². The van der Waals surface area contributed by atoms with Gasteiger partial charge in [-0.3, -0.25) is 14.9 Å². The van der Waals surface area contributed by atoms with Gasteiger partial charge < -0.3 is 10.2 Å². The van der Waals surface area contributed by atoms with Crippen molar-refractivity contribution in [1.29, 1.82) is 0 Å². The molecule has 2 aliphatic carbocycles. The van der Waals surface area contributed by atoms with Crippen LogP contribution < -0.4 is 5.48 Å². The van der Waals surface area contributed by atoms with Crippen LogP contribution in [-0.4, -0.2) is 58.6 Å². The number of carbonyl (C=O) groups excluding carboxylic acids is 1. The van der Waals surface area contributed by atoms with Crippen LogP contribution in [0, 0.1) is 5.92 Å². The minimum Gasteiger partial charge on any atom is -0.394 e. The van der Waals surface area contributed by atoms with E-state index in [9.17, 15) is 15.0 Å². The lowest BCUT2D eigenvalue weighted by Crippen LogP contribution is -2.36. The van der Waals surface area contributed by atoms with Gasteiger partial charge in [0.05, 0.1) is 12.7 Å². The molecule has 0 saturated carbocycles. The summed E-state index contributed by atoms with van der Waals surface area (Å²) in [5.41, 5.74) is 8.33. The predicted molar refractivity (Wildman–Crippen MR) is 126 cm³/mol. The fourth-order valence-electron chi connectivity index (χ4n) is 4.58. The minimum atomic E-state index is -0.754. The van der Waals surface area contributed by atoms with Gasteiger partial charge in [0.15, 0.2) is 0 Å². The number of hydrogen-bond acceptors (Lipinski definition) is 5. The molecule has 0 radical (unpaired) electrons. The maximum Gasteiger partial charge on any atom is 0.246 e. The van der Waals surface area contributed by atoms with Gasteiger partial charge in [0, 0.05) is 25.6 Å². The molecule has 0 fully saturated rings. The molecule has 0 aliphatic heterocycles. The van der Waals surface area contributed by atoms with Crippen LogP contribution in [0.25, 0.3) is 5.57 Å². The molecule has 0 bridgehead atoms. The van der Waals surface area contributed by atoms with Gasteiger partial charge in [-0.15, -0.1) is 0 Å². The van der Waals surface area contributed by atoms with Crippen LogP contribution in [0.15, 0.2) is 53.6 Å². The van der Waals surface area contributed by atoms with Crippen molar-refractivity contribution in [2.75, 3.05) is 26.2 Å². The molecule has 174 valence electrons. The van der Waals surface area contributed by atoms with Gasteiger partial charge in [-0.1, -0.05) is 60.6 Å². The minimum absolute atomic E-state index is 0.240. The van der Waals surface area contributed by atoms with Crippen molar-refractivity contribution in [2.45, 2.75) is 51.6 Å². The van der Waals surface area contributed by atoms with Gasteiger partial charge in [-0.05, 0) is 55.2 Å². The molecular formula is C26H36N2O4. The zero-order chi connectivity index (χ0) is 22.9. The molecule has 0 heterocycles. The number of hydroxylamine groups is 1. The van der Waals surface area contributed by atoms with E-state index in [-0.39, 0.29) is 18.4 Å². The highest BCUT2D eigenvalue weighted by Gasteiger charge is 2.19. The van der Waals surface area contributed by atoms with Crippen LogP contribution in [0.5, 0.6) is 0 Å². The van der Waals surface area contributed by atoms with Crippen LogP contribution in [-0.2, 0) is 11.2 Å². The molecule has 2 atom stereocenters. The SMILES string of the molecule is CC(CC1=CC=C(CN(CCC2=CCCc3ccccc32)CC(O)CO)CC1)C(=O)NO. The topological polar surface area (TPSA) is 93.0 Å². The largest absolute Gasteiger partial charge is 0.394 e. The van der Waals surface area contributed by atoms with E-state index in [1.54, 1.807) is 5.48 Å². The quantitative estimate of drug-likeness (QED) is 0.313. The molecule has 1 amide bonds. The highest BCUT2D eigenvalue weighted by Crippen LogP contribution is 2.29. The maximum absolute atomic E-state index is 11.5. The molecule has 6 heteroatoms. The van der Waals surface area contributed by atoms with Crippen molar-refractivity contribution >= 4 is 11.5 Å². The second-order valence-corrected chi connectivity index (χ2v) is 8.98. The number of aliphatic hydroxyl groups excluding tert-OH is 2. The monoisotopic (exact) mass is 440 g/mol. The van der Waals surface area contributed by atoms with Crippen molar-refractivity contribution in [1.82, 2.24) is 10.4 Å². The Labute approximate surface area is 190 Å². The molecule has 32 heavy (non-hydrogen) atoms. The zero-order valence-corrected chi connectivity index (χ0v) is 19.0. The molecule has 2 unspecified atom stereocenters. The van der Waals surface area contributed by atoms with Crippen molar-refractivity contribution in [3.63, 3.8) is 0 Å². The summed E-state index contributed by atoms with van der Waals surface area (Å²) >= 11 is 0. The number of allylic oxidation sites excluding steroid dienone is 4. The first kappa shape index (κ1) is 24.4.